The molecule has 6 rings (SSSR count). The molecule has 3 aromatic heterocycles. The largest absolute Gasteiger partial charge is 0.356 e. The maximum atomic E-state index is 13.4. The molecule has 0 aliphatic heterocycles. The van der Waals surface area contributed by atoms with Gasteiger partial charge >= 0.3 is 6.03 Å². The van der Waals surface area contributed by atoms with Crippen LogP contribution in [0.4, 0.5) is 15.7 Å². The highest BCUT2D eigenvalue weighted by molar-refractivity contribution is 7.98. The highest BCUT2D eigenvalue weighted by atomic mass is 32.2. The van der Waals surface area contributed by atoms with Gasteiger partial charge in [-0.3, -0.25) is 5.32 Å². The Morgan fingerprint density at radius 2 is 1.82 bits per heavy atom. The van der Waals surface area contributed by atoms with E-state index in [1.807, 2.05) is 20.2 Å². The topological polar surface area (TPSA) is 135 Å². The van der Waals surface area contributed by atoms with Crippen LogP contribution in [-0.4, -0.2) is 63.1 Å². The zero-order chi connectivity index (χ0) is 28.0. The van der Waals surface area contributed by atoms with Crippen LogP contribution < -0.4 is 15.5 Å². The number of urea groups is 1. The van der Waals surface area contributed by atoms with E-state index in [0.717, 1.165) is 37.1 Å². The zero-order valence-electron chi connectivity index (χ0n) is 22.3. The second-order valence-corrected chi connectivity index (χ2v) is 13.8. The van der Waals surface area contributed by atoms with Gasteiger partial charge in [0.25, 0.3) is 10.0 Å². The number of carbonyl (C=O) groups is 1. The first-order valence-corrected chi connectivity index (χ1v) is 16.5. The van der Waals surface area contributed by atoms with Gasteiger partial charge in [-0.25, -0.2) is 27.2 Å². The number of aryl methyl sites for hydroxylation is 1. The van der Waals surface area contributed by atoms with Crippen LogP contribution in [0.5, 0.6) is 0 Å². The second kappa shape index (κ2) is 10.6. The summed E-state index contributed by atoms with van der Waals surface area (Å²) in [5, 5.41) is 7.75. The fourth-order valence-corrected chi connectivity index (χ4v) is 8.49. The van der Waals surface area contributed by atoms with Crippen LogP contribution in [0.3, 0.4) is 0 Å². The summed E-state index contributed by atoms with van der Waals surface area (Å²) in [6, 6.07) is 8.74. The first-order chi connectivity index (χ1) is 19.2. The molecule has 0 radical (unpaired) electrons. The fraction of sp³-hybridized carbons (Fsp3) is 0.423. The molecule has 2 amide bonds. The Morgan fingerprint density at radius 1 is 1.10 bits per heavy atom. The average molecular weight is 599 g/mol. The molecule has 0 saturated heterocycles. The minimum atomic E-state index is -3.79. The normalized spacial score (nSPS) is 22.4. The molecule has 4 aromatic rings. The van der Waals surface area contributed by atoms with E-state index in [1.54, 1.807) is 36.5 Å². The monoisotopic (exact) mass is 598 g/mol. The van der Waals surface area contributed by atoms with Crippen molar-refractivity contribution in [3.05, 3.63) is 48.4 Å². The summed E-state index contributed by atoms with van der Waals surface area (Å²) in [5.41, 5.74) is 1.36. The number of carbonyl (C=O) groups excluding carboxylic acids is 1. The van der Waals surface area contributed by atoms with Crippen LogP contribution in [0.25, 0.3) is 11.0 Å². The van der Waals surface area contributed by atoms with Crippen molar-refractivity contribution in [2.75, 3.05) is 23.5 Å². The third-order valence-electron chi connectivity index (χ3n) is 8.02. The Hall–Kier alpha value is -3.23. The molecular weight excluding hydrogens is 569 g/mol. The first kappa shape index (κ1) is 27.0. The highest BCUT2D eigenvalue weighted by Gasteiger charge is 2.43. The summed E-state index contributed by atoms with van der Waals surface area (Å²) in [4.78, 5) is 28.0. The molecule has 0 bridgehead atoms. The summed E-state index contributed by atoms with van der Waals surface area (Å²) in [5.74, 6) is 1.74. The van der Waals surface area contributed by atoms with Crippen LogP contribution in [0.2, 0.25) is 0 Å². The van der Waals surface area contributed by atoms with E-state index in [0.29, 0.717) is 33.2 Å². The first-order valence-electron chi connectivity index (χ1n) is 13.0. The molecule has 0 spiro atoms. The minimum Gasteiger partial charge on any atom is -0.356 e. The van der Waals surface area contributed by atoms with Crippen molar-refractivity contribution < 1.29 is 13.2 Å². The third-order valence-corrected chi connectivity index (χ3v) is 11.0. The van der Waals surface area contributed by atoms with Crippen LogP contribution in [-0.2, 0) is 10.0 Å². The molecule has 4 atom stereocenters. The van der Waals surface area contributed by atoms with E-state index < -0.39 is 10.0 Å². The number of amides is 2. The average Bonchev–Trinajstić information content (AvgIpc) is 3.71. The number of nitrogens with zero attached hydrogens (tertiary/aromatic N) is 6. The standard InChI is InChI=1S/C26H30N8O3S3/c1-15-4-6-20(7-5-15)40(36,37)34-9-8-21-22(27-14-28-23(21)34)33(2)19-12-16-10-18(11-17(16)13-19)29-24(35)30-25-31-26(38-3)32-39-25/h4-9,14,16-19H,10-13H2,1-3H3,(H2,29,30,31,32,35)/t16-,17+,18-,19-. The van der Waals surface area contributed by atoms with Gasteiger partial charge in [-0.05, 0) is 68.9 Å². The lowest BCUT2D eigenvalue weighted by Crippen LogP contribution is -2.37. The number of thioether (sulfide) groups is 1. The number of hydrogen-bond acceptors (Lipinski definition) is 10. The number of rotatable bonds is 7. The number of nitrogens with one attached hydrogen (secondary N) is 2. The van der Waals surface area contributed by atoms with Gasteiger partial charge in [0.2, 0.25) is 10.3 Å². The van der Waals surface area contributed by atoms with Crippen molar-refractivity contribution in [2.45, 2.75) is 54.7 Å². The van der Waals surface area contributed by atoms with E-state index >= 15 is 0 Å². The molecule has 40 heavy (non-hydrogen) atoms. The molecule has 2 aliphatic rings. The molecule has 2 saturated carbocycles. The van der Waals surface area contributed by atoms with Crippen molar-refractivity contribution in [1.29, 1.82) is 0 Å². The Bertz CT molecular complexity index is 1640. The summed E-state index contributed by atoms with van der Waals surface area (Å²) in [6.07, 6.45) is 8.72. The molecule has 3 heterocycles. The van der Waals surface area contributed by atoms with E-state index in [4.69, 9.17) is 0 Å². The molecule has 210 valence electrons. The SMILES string of the molecule is CSc1nsc(NC(=O)N[C@@H]2C[C@@H]3C[C@@H](N(C)c4ncnc5c4ccn5S(=O)(=O)c4ccc(C)cc4)C[C@@H]3C2)n1. The van der Waals surface area contributed by atoms with Crippen LogP contribution in [0.1, 0.15) is 31.2 Å². The maximum Gasteiger partial charge on any atom is 0.321 e. The second-order valence-electron chi connectivity index (χ2n) is 10.5. The summed E-state index contributed by atoms with van der Waals surface area (Å²) >= 11 is 2.62. The predicted molar refractivity (Wildman–Crippen MR) is 157 cm³/mol. The van der Waals surface area contributed by atoms with Gasteiger partial charge in [0.05, 0.1) is 10.3 Å². The van der Waals surface area contributed by atoms with Crippen molar-refractivity contribution in [3.8, 4) is 0 Å². The van der Waals surface area contributed by atoms with Gasteiger partial charge in [0.15, 0.2) is 5.65 Å². The number of hydrogen-bond donors (Lipinski definition) is 2. The smallest absolute Gasteiger partial charge is 0.321 e. The minimum absolute atomic E-state index is 0.126. The highest BCUT2D eigenvalue weighted by Crippen LogP contribution is 2.46. The van der Waals surface area contributed by atoms with Gasteiger partial charge in [-0.15, -0.1) is 0 Å². The number of aromatic nitrogens is 5. The molecule has 0 unspecified atom stereocenters. The van der Waals surface area contributed by atoms with Gasteiger partial charge in [-0.2, -0.15) is 9.36 Å². The summed E-state index contributed by atoms with van der Waals surface area (Å²) < 4.78 is 32.1. The van der Waals surface area contributed by atoms with Crippen molar-refractivity contribution >= 4 is 61.3 Å². The molecule has 11 nitrogen and oxygen atoms in total. The molecular formula is C26H30N8O3S3. The van der Waals surface area contributed by atoms with Crippen molar-refractivity contribution in [3.63, 3.8) is 0 Å². The summed E-state index contributed by atoms with van der Waals surface area (Å²) in [6.45, 7) is 1.92. The van der Waals surface area contributed by atoms with E-state index in [9.17, 15) is 13.2 Å². The van der Waals surface area contributed by atoms with Crippen molar-refractivity contribution in [2.24, 2.45) is 11.8 Å². The summed E-state index contributed by atoms with van der Waals surface area (Å²) in [7, 11) is -1.77. The number of fused-ring (bicyclic) bond motifs is 2. The zero-order valence-corrected chi connectivity index (χ0v) is 24.8. The van der Waals surface area contributed by atoms with Gasteiger partial charge in [0, 0.05) is 36.9 Å². The molecule has 2 N–H and O–H groups in total. The van der Waals surface area contributed by atoms with Crippen molar-refractivity contribution in [1.82, 2.24) is 28.6 Å². The third kappa shape index (κ3) is 5.03. The fourth-order valence-electron chi connectivity index (χ4n) is 6.07. The lowest BCUT2D eigenvalue weighted by atomic mass is 10.0. The maximum absolute atomic E-state index is 13.4. The molecule has 2 aliphatic carbocycles. The van der Waals surface area contributed by atoms with Crippen LogP contribution >= 0.6 is 23.3 Å². The van der Waals surface area contributed by atoms with Gasteiger partial charge in [0.1, 0.15) is 12.1 Å². The Balaban J connectivity index is 1.12. The Kier molecular flexibility index (Phi) is 7.17. The van der Waals surface area contributed by atoms with Gasteiger partial charge in [-0.1, -0.05) is 29.5 Å². The van der Waals surface area contributed by atoms with E-state index in [-0.39, 0.29) is 23.0 Å². The lowest BCUT2D eigenvalue weighted by Gasteiger charge is -2.27. The molecule has 2 fully saturated rings. The Morgan fingerprint density at radius 3 is 2.50 bits per heavy atom. The quantitative estimate of drug-likeness (QED) is 0.297. The predicted octanol–water partition coefficient (Wildman–Crippen LogP) is 4.37. The number of anilines is 2. The van der Waals surface area contributed by atoms with Crippen LogP contribution in [0, 0.1) is 18.8 Å². The van der Waals surface area contributed by atoms with E-state index in [1.165, 1.54) is 33.6 Å². The molecule has 14 heteroatoms. The lowest BCUT2D eigenvalue weighted by molar-refractivity contribution is 0.248. The van der Waals surface area contributed by atoms with E-state index in [2.05, 4.69) is 34.9 Å². The molecule has 1 aromatic carbocycles. The number of benzene rings is 1. The van der Waals surface area contributed by atoms with Gasteiger partial charge < -0.3 is 10.2 Å². The van der Waals surface area contributed by atoms with Crippen LogP contribution in [0.15, 0.2) is 52.9 Å². The Labute approximate surface area is 241 Å².